The molecule has 1 atom stereocenters. The van der Waals surface area contributed by atoms with E-state index in [1.807, 2.05) is 6.07 Å². The lowest BCUT2D eigenvalue weighted by Gasteiger charge is -2.34. The van der Waals surface area contributed by atoms with Crippen LogP contribution in [0, 0.1) is 0 Å². The molecule has 10 heteroatoms. The fourth-order valence-corrected chi connectivity index (χ4v) is 5.85. The van der Waals surface area contributed by atoms with Crippen molar-refractivity contribution in [2.75, 3.05) is 16.2 Å². The summed E-state index contributed by atoms with van der Waals surface area (Å²) in [4.78, 5) is 25.4. The SMILES string of the molecule is Cn1c(=O)n(C)c2cc(NC(=O)[C@H]3CN(S(=O)(=O)Cc4ccccc4)c4ccccc4O3)ccc21. The highest BCUT2D eigenvalue weighted by molar-refractivity contribution is 7.92. The molecule has 0 bridgehead atoms. The maximum Gasteiger partial charge on any atom is 0.328 e. The molecule has 9 nitrogen and oxygen atoms in total. The second-order valence-electron chi connectivity index (χ2n) is 8.44. The summed E-state index contributed by atoms with van der Waals surface area (Å²) in [5.41, 5.74) is 2.75. The van der Waals surface area contributed by atoms with Gasteiger partial charge >= 0.3 is 5.69 Å². The molecule has 0 saturated carbocycles. The minimum Gasteiger partial charge on any atom is -0.476 e. The Morgan fingerprint density at radius 1 is 0.971 bits per heavy atom. The Hall–Kier alpha value is -4.05. The number of amides is 1. The maximum atomic E-state index is 13.4. The Labute approximate surface area is 202 Å². The molecule has 0 unspecified atom stereocenters. The Morgan fingerprint density at radius 2 is 1.66 bits per heavy atom. The minimum atomic E-state index is -3.79. The second-order valence-corrected chi connectivity index (χ2v) is 10.3. The van der Waals surface area contributed by atoms with Crippen LogP contribution in [0.25, 0.3) is 11.0 Å². The Balaban J connectivity index is 1.43. The monoisotopic (exact) mass is 492 g/mol. The summed E-state index contributed by atoms with van der Waals surface area (Å²) in [6, 6.07) is 20.8. The first-order chi connectivity index (χ1) is 16.7. The number of para-hydroxylation sites is 2. The van der Waals surface area contributed by atoms with E-state index in [4.69, 9.17) is 4.74 Å². The number of nitrogens with zero attached hydrogens (tertiary/aromatic N) is 3. The number of carbonyl (C=O) groups is 1. The van der Waals surface area contributed by atoms with Gasteiger partial charge < -0.3 is 10.1 Å². The topological polar surface area (TPSA) is 103 Å². The standard InChI is InChI=1S/C25H24N4O5S/c1-27-19-13-12-18(14-21(19)28(2)25(27)31)26-24(30)23-15-29(20-10-6-7-11-22(20)34-23)35(32,33)16-17-8-4-3-5-9-17/h3-14,23H,15-16H2,1-2H3,(H,26,30)/t23-/m1/s1. The number of sulfonamides is 1. The lowest BCUT2D eigenvalue weighted by molar-refractivity contribution is -0.122. The van der Waals surface area contributed by atoms with Crippen LogP contribution in [0.4, 0.5) is 11.4 Å². The molecule has 1 aromatic heterocycles. The fraction of sp³-hybridized carbons (Fsp3) is 0.200. The third kappa shape index (κ3) is 4.17. The first-order valence-corrected chi connectivity index (χ1v) is 12.6. The lowest BCUT2D eigenvalue weighted by atomic mass is 10.2. The number of anilines is 2. The summed E-state index contributed by atoms with van der Waals surface area (Å²) in [6.07, 6.45) is -1.06. The smallest absolute Gasteiger partial charge is 0.328 e. The van der Waals surface area contributed by atoms with Gasteiger partial charge in [-0.25, -0.2) is 13.2 Å². The molecule has 3 aromatic carbocycles. The Kier molecular flexibility index (Phi) is 5.60. The average Bonchev–Trinajstić information content (AvgIpc) is 3.07. The van der Waals surface area contributed by atoms with Crippen molar-refractivity contribution in [2.24, 2.45) is 14.1 Å². The predicted octanol–water partition coefficient (Wildman–Crippen LogP) is 2.61. The third-order valence-corrected chi connectivity index (χ3v) is 7.81. The van der Waals surface area contributed by atoms with Crippen LogP contribution in [0.3, 0.4) is 0 Å². The van der Waals surface area contributed by atoms with E-state index in [0.29, 0.717) is 28.2 Å². The summed E-state index contributed by atoms with van der Waals surface area (Å²) in [7, 11) is -0.452. The molecular formula is C25H24N4O5S. The van der Waals surface area contributed by atoms with E-state index in [9.17, 15) is 18.0 Å². The highest BCUT2D eigenvalue weighted by atomic mass is 32.2. The summed E-state index contributed by atoms with van der Waals surface area (Å²) in [5, 5.41) is 2.80. The van der Waals surface area contributed by atoms with Crippen LogP contribution >= 0.6 is 0 Å². The molecule has 0 aliphatic carbocycles. The predicted molar refractivity (Wildman–Crippen MR) is 134 cm³/mol. The number of benzene rings is 3. The van der Waals surface area contributed by atoms with E-state index < -0.39 is 22.0 Å². The average molecular weight is 493 g/mol. The van der Waals surface area contributed by atoms with Crippen molar-refractivity contribution in [1.82, 2.24) is 9.13 Å². The molecule has 0 spiro atoms. The van der Waals surface area contributed by atoms with Crippen LogP contribution in [-0.2, 0) is 34.7 Å². The Morgan fingerprint density at radius 3 is 2.43 bits per heavy atom. The number of aromatic nitrogens is 2. The first kappa shape index (κ1) is 22.7. The number of ether oxygens (including phenoxy) is 1. The van der Waals surface area contributed by atoms with Crippen molar-refractivity contribution in [3.8, 4) is 5.75 Å². The molecule has 1 aliphatic heterocycles. The van der Waals surface area contributed by atoms with E-state index in [2.05, 4.69) is 5.32 Å². The highest BCUT2D eigenvalue weighted by Gasteiger charge is 2.36. The zero-order chi connectivity index (χ0) is 24.7. The van der Waals surface area contributed by atoms with Crippen LogP contribution in [0.1, 0.15) is 5.56 Å². The largest absolute Gasteiger partial charge is 0.476 e. The molecular weight excluding hydrogens is 468 g/mol. The van der Waals surface area contributed by atoms with Crippen molar-refractivity contribution >= 4 is 38.3 Å². The molecule has 4 aromatic rings. The number of fused-ring (bicyclic) bond motifs is 2. The van der Waals surface area contributed by atoms with Gasteiger partial charge in [0.25, 0.3) is 5.91 Å². The third-order valence-electron chi connectivity index (χ3n) is 6.09. The van der Waals surface area contributed by atoms with Crippen molar-refractivity contribution in [3.63, 3.8) is 0 Å². The number of aryl methyl sites for hydroxylation is 2. The zero-order valence-electron chi connectivity index (χ0n) is 19.2. The maximum absolute atomic E-state index is 13.4. The van der Waals surface area contributed by atoms with E-state index >= 15 is 0 Å². The number of rotatable bonds is 5. The molecule has 35 heavy (non-hydrogen) atoms. The van der Waals surface area contributed by atoms with E-state index in [1.54, 1.807) is 80.8 Å². The van der Waals surface area contributed by atoms with Gasteiger partial charge in [0.2, 0.25) is 10.0 Å². The molecule has 0 radical (unpaired) electrons. The van der Waals surface area contributed by atoms with E-state index in [-0.39, 0.29) is 18.0 Å². The molecule has 180 valence electrons. The lowest BCUT2D eigenvalue weighted by Crippen LogP contribution is -2.49. The number of hydrogen-bond donors (Lipinski definition) is 1. The van der Waals surface area contributed by atoms with Gasteiger partial charge in [-0.1, -0.05) is 42.5 Å². The Bertz CT molecular complexity index is 1590. The molecule has 1 aliphatic rings. The van der Waals surface area contributed by atoms with E-state index in [1.165, 1.54) is 13.4 Å². The zero-order valence-corrected chi connectivity index (χ0v) is 20.0. The van der Waals surface area contributed by atoms with Gasteiger partial charge in [-0.2, -0.15) is 0 Å². The van der Waals surface area contributed by atoms with Crippen LogP contribution in [0.5, 0.6) is 5.75 Å². The van der Waals surface area contributed by atoms with Crippen molar-refractivity contribution < 1.29 is 17.9 Å². The second kappa shape index (κ2) is 8.62. The number of imidazole rings is 1. The summed E-state index contributed by atoms with van der Waals surface area (Å²) < 4.78 is 36.9. The van der Waals surface area contributed by atoms with E-state index in [0.717, 1.165) is 5.52 Å². The normalized spacial score (nSPS) is 15.5. The molecule has 0 saturated heterocycles. The van der Waals surface area contributed by atoms with Gasteiger partial charge in [0.1, 0.15) is 5.75 Å². The summed E-state index contributed by atoms with van der Waals surface area (Å²) >= 11 is 0. The fourth-order valence-electron chi connectivity index (χ4n) is 4.27. The molecule has 0 fully saturated rings. The summed E-state index contributed by atoms with van der Waals surface area (Å²) in [6.45, 7) is -0.163. The van der Waals surface area contributed by atoms with Crippen LogP contribution < -0.4 is 20.0 Å². The van der Waals surface area contributed by atoms with Gasteiger partial charge in [0.05, 0.1) is 29.0 Å². The first-order valence-electron chi connectivity index (χ1n) is 11.0. The van der Waals surface area contributed by atoms with Crippen LogP contribution in [0.15, 0.2) is 77.6 Å². The van der Waals surface area contributed by atoms with Crippen molar-refractivity contribution in [1.29, 1.82) is 0 Å². The van der Waals surface area contributed by atoms with Gasteiger partial charge in [0.15, 0.2) is 6.10 Å². The molecule has 2 heterocycles. The van der Waals surface area contributed by atoms with Crippen LogP contribution in [-0.4, -0.2) is 36.1 Å². The quantitative estimate of drug-likeness (QED) is 0.461. The summed E-state index contributed by atoms with van der Waals surface area (Å²) in [5.74, 6) is -0.369. The molecule has 1 amide bonds. The molecule has 5 rings (SSSR count). The van der Waals surface area contributed by atoms with Crippen molar-refractivity contribution in [2.45, 2.75) is 11.9 Å². The van der Waals surface area contributed by atoms with Gasteiger partial charge in [-0.05, 0) is 35.9 Å². The van der Waals surface area contributed by atoms with Gasteiger partial charge in [0, 0.05) is 19.8 Å². The minimum absolute atomic E-state index is 0.163. The number of hydrogen-bond acceptors (Lipinski definition) is 5. The highest BCUT2D eigenvalue weighted by Crippen LogP contribution is 2.36. The molecule has 1 N–H and O–H groups in total. The van der Waals surface area contributed by atoms with Gasteiger partial charge in [-0.3, -0.25) is 18.2 Å². The van der Waals surface area contributed by atoms with Gasteiger partial charge in [-0.15, -0.1) is 0 Å². The number of carbonyl (C=O) groups excluding carboxylic acids is 1. The van der Waals surface area contributed by atoms with Crippen LogP contribution in [0.2, 0.25) is 0 Å². The van der Waals surface area contributed by atoms with Crippen molar-refractivity contribution in [3.05, 3.63) is 88.8 Å². The number of nitrogens with one attached hydrogen (secondary N) is 1.